The SMILES string of the molecule is CC(C)CC1NC(=O)C(Cc2c[nH]c3ccccc23)NC(=O)CNC2(CNC1=O)CN(C(=O)OC(C)(C)C)C2. The number of carbonyl (C=O) groups excluding carboxylic acids is 4. The molecule has 2 atom stereocenters. The Hall–Kier alpha value is -3.60. The van der Waals surface area contributed by atoms with E-state index in [-0.39, 0.29) is 50.3 Å². The Labute approximate surface area is 228 Å². The molecule has 2 aromatic rings. The van der Waals surface area contributed by atoms with Crippen LogP contribution in [0.15, 0.2) is 30.5 Å². The number of nitrogens with one attached hydrogen (secondary N) is 5. The van der Waals surface area contributed by atoms with E-state index in [0.29, 0.717) is 6.42 Å². The quantitative estimate of drug-likeness (QED) is 0.397. The van der Waals surface area contributed by atoms with Gasteiger partial charge >= 0.3 is 6.09 Å². The van der Waals surface area contributed by atoms with Gasteiger partial charge in [0.25, 0.3) is 0 Å². The molecule has 0 aliphatic carbocycles. The van der Waals surface area contributed by atoms with E-state index < -0.39 is 35.2 Å². The van der Waals surface area contributed by atoms with Gasteiger partial charge in [0.1, 0.15) is 17.7 Å². The van der Waals surface area contributed by atoms with Crippen LogP contribution in [0.4, 0.5) is 4.79 Å². The lowest BCUT2D eigenvalue weighted by Gasteiger charge is -2.50. The zero-order chi connectivity index (χ0) is 28.4. The lowest BCUT2D eigenvalue weighted by atomic mass is 9.89. The number of nitrogens with zero attached hydrogens (tertiary/aromatic N) is 1. The maximum atomic E-state index is 13.4. The van der Waals surface area contributed by atoms with Gasteiger partial charge in [0.15, 0.2) is 0 Å². The molecule has 2 aliphatic rings. The van der Waals surface area contributed by atoms with Crippen molar-refractivity contribution in [3.8, 4) is 0 Å². The second-order valence-corrected chi connectivity index (χ2v) is 12.1. The highest BCUT2D eigenvalue weighted by Gasteiger charge is 2.47. The molecule has 3 heterocycles. The minimum atomic E-state index is -0.879. The summed E-state index contributed by atoms with van der Waals surface area (Å²) in [4.78, 5) is 57.0. The molecular weight excluding hydrogens is 500 g/mol. The molecule has 2 aliphatic heterocycles. The number of hydrogen-bond acceptors (Lipinski definition) is 6. The van der Waals surface area contributed by atoms with Crippen LogP contribution >= 0.6 is 0 Å². The van der Waals surface area contributed by atoms with E-state index in [9.17, 15) is 19.2 Å². The van der Waals surface area contributed by atoms with Crippen LogP contribution in [0.5, 0.6) is 0 Å². The normalized spacial score (nSPS) is 22.4. The first-order chi connectivity index (χ1) is 18.3. The molecule has 11 heteroatoms. The minimum absolute atomic E-state index is 0.0783. The zero-order valence-electron chi connectivity index (χ0n) is 23.3. The Kier molecular flexibility index (Phi) is 8.20. The first-order valence-electron chi connectivity index (χ1n) is 13.5. The van der Waals surface area contributed by atoms with Crippen molar-refractivity contribution in [3.05, 3.63) is 36.0 Å². The Bertz CT molecular complexity index is 1230. The number of fused-ring (bicyclic) bond motifs is 1. The average Bonchev–Trinajstić information content (AvgIpc) is 3.22. The Morgan fingerprint density at radius 1 is 1.08 bits per heavy atom. The van der Waals surface area contributed by atoms with Crippen LogP contribution in [0.25, 0.3) is 10.9 Å². The third kappa shape index (κ3) is 7.08. The van der Waals surface area contributed by atoms with E-state index in [0.717, 1.165) is 16.5 Å². The van der Waals surface area contributed by atoms with E-state index in [2.05, 4.69) is 26.3 Å². The van der Waals surface area contributed by atoms with E-state index in [1.165, 1.54) is 0 Å². The minimum Gasteiger partial charge on any atom is -0.444 e. The number of amides is 4. The Balaban J connectivity index is 1.53. The fourth-order valence-electron chi connectivity index (χ4n) is 5.02. The van der Waals surface area contributed by atoms with Gasteiger partial charge < -0.3 is 30.6 Å². The largest absolute Gasteiger partial charge is 0.444 e. The van der Waals surface area contributed by atoms with Crippen LogP contribution in [0.1, 0.15) is 46.6 Å². The van der Waals surface area contributed by atoms with Crippen LogP contribution in [0.2, 0.25) is 0 Å². The summed E-state index contributed by atoms with van der Waals surface area (Å²) in [5.74, 6) is -0.914. The first-order valence-corrected chi connectivity index (χ1v) is 13.5. The maximum absolute atomic E-state index is 13.4. The topological polar surface area (TPSA) is 145 Å². The van der Waals surface area contributed by atoms with Crippen LogP contribution < -0.4 is 21.3 Å². The second-order valence-electron chi connectivity index (χ2n) is 12.1. The Morgan fingerprint density at radius 3 is 2.49 bits per heavy atom. The molecule has 1 aromatic carbocycles. The number of aromatic nitrogens is 1. The molecule has 1 spiro atoms. The maximum Gasteiger partial charge on any atom is 0.410 e. The number of aromatic amines is 1. The van der Waals surface area contributed by atoms with Gasteiger partial charge in [-0.1, -0.05) is 32.0 Å². The molecule has 4 amide bonds. The van der Waals surface area contributed by atoms with Gasteiger partial charge in [-0.05, 0) is 44.7 Å². The average molecular weight is 541 g/mol. The van der Waals surface area contributed by atoms with Crippen molar-refractivity contribution in [2.24, 2.45) is 5.92 Å². The second kappa shape index (κ2) is 11.3. The fraction of sp³-hybridized carbons (Fsp3) is 0.571. The van der Waals surface area contributed by atoms with Gasteiger partial charge in [-0.15, -0.1) is 0 Å². The van der Waals surface area contributed by atoms with Crippen molar-refractivity contribution in [1.29, 1.82) is 0 Å². The monoisotopic (exact) mass is 540 g/mol. The van der Waals surface area contributed by atoms with Crippen molar-refractivity contribution in [2.75, 3.05) is 26.2 Å². The van der Waals surface area contributed by atoms with Gasteiger partial charge in [-0.3, -0.25) is 19.7 Å². The summed E-state index contributed by atoms with van der Waals surface area (Å²) in [6.07, 6.45) is 2.09. The number of benzene rings is 1. The molecular formula is C28H40N6O5. The number of likely N-dealkylation sites (tertiary alicyclic amines) is 1. The van der Waals surface area contributed by atoms with Crippen molar-refractivity contribution < 1.29 is 23.9 Å². The number of ether oxygens (including phenoxy) is 1. The summed E-state index contributed by atoms with van der Waals surface area (Å²) in [6, 6.07) is 6.11. The molecule has 0 saturated carbocycles. The van der Waals surface area contributed by atoms with Gasteiger partial charge in [-0.25, -0.2) is 4.79 Å². The molecule has 39 heavy (non-hydrogen) atoms. The van der Waals surface area contributed by atoms with E-state index in [4.69, 9.17) is 4.74 Å². The Morgan fingerprint density at radius 2 is 1.79 bits per heavy atom. The molecule has 0 bridgehead atoms. The van der Waals surface area contributed by atoms with Crippen molar-refractivity contribution in [2.45, 2.75) is 70.7 Å². The van der Waals surface area contributed by atoms with Gasteiger partial charge in [-0.2, -0.15) is 0 Å². The molecule has 212 valence electrons. The standard InChI is InChI=1S/C28H40N6O5/c1-17(2)10-21-24(36)30-14-28(15-34(16-28)26(38)39-27(3,4)5)31-13-23(35)32-22(25(37)33-21)11-18-12-29-20-9-7-6-8-19(18)20/h6-9,12,17,21-22,29,31H,10-11,13-16H2,1-5H3,(H,30,36)(H,32,35)(H,33,37). The van der Waals surface area contributed by atoms with Gasteiger partial charge in [0.2, 0.25) is 17.7 Å². The smallest absolute Gasteiger partial charge is 0.410 e. The van der Waals surface area contributed by atoms with Crippen LogP contribution in [-0.2, 0) is 25.5 Å². The highest BCUT2D eigenvalue weighted by atomic mass is 16.6. The lowest BCUT2D eigenvalue weighted by molar-refractivity contribution is -0.133. The van der Waals surface area contributed by atoms with Gasteiger partial charge in [0, 0.05) is 43.2 Å². The number of para-hydroxylation sites is 1. The number of rotatable bonds is 4. The molecule has 4 rings (SSSR count). The number of carbonyl (C=O) groups is 4. The summed E-state index contributed by atoms with van der Waals surface area (Å²) in [5, 5.41) is 12.9. The molecule has 1 aromatic heterocycles. The third-order valence-corrected chi connectivity index (χ3v) is 6.95. The molecule has 11 nitrogen and oxygen atoms in total. The van der Waals surface area contributed by atoms with Crippen LogP contribution in [0, 0.1) is 5.92 Å². The van der Waals surface area contributed by atoms with E-state index in [1.807, 2.05) is 44.3 Å². The summed E-state index contributed by atoms with van der Waals surface area (Å²) in [6.45, 7) is 10.0. The summed E-state index contributed by atoms with van der Waals surface area (Å²) < 4.78 is 5.46. The predicted molar refractivity (Wildman–Crippen MR) is 147 cm³/mol. The van der Waals surface area contributed by atoms with Crippen molar-refractivity contribution in [1.82, 2.24) is 31.2 Å². The highest BCUT2D eigenvalue weighted by molar-refractivity contribution is 5.93. The van der Waals surface area contributed by atoms with Crippen LogP contribution in [-0.4, -0.2) is 83.1 Å². The molecule has 2 fully saturated rings. The summed E-state index contributed by atoms with van der Waals surface area (Å²) in [5.41, 5.74) is 0.504. The molecule has 5 N–H and O–H groups in total. The predicted octanol–water partition coefficient (Wildman–Crippen LogP) is 1.44. The zero-order valence-corrected chi connectivity index (χ0v) is 23.3. The molecule has 2 unspecified atom stereocenters. The summed E-state index contributed by atoms with van der Waals surface area (Å²) in [7, 11) is 0. The van der Waals surface area contributed by atoms with Crippen molar-refractivity contribution in [3.63, 3.8) is 0 Å². The summed E-state index contributed by atoms with van der Waals surface area (Å²) >= 11 is 0. The van der Waals surface area contributed by atoms with E-state index in [1.54, 1.807) is 25.7 Å². The van der Waals surface area contributed by atoms with E-state index >= 15 is 0 Å². The third-order valence-electron chi connectivity index (χ3n) is 6.95. The lowest BCUT2D eigenvalue weighted by Crippen LogP contribution is -2.75. The fourth-order valence-corrected chi connectivity index (χ4v) is 5.02. The number of hydrogen-bond donors (Lipinski definition) is 5. The molecule has 0 radical (unpaired) electrons. The van der Waals surface area contributed by atoms with Crippen molar-refractivity contribution >= 4 is 34.7 Å². The van der Waals surface area contributed by atoms with Crippen LogP contribution in [0.3, 0.4) is 0 Å². The molecule has 2 saturated heterocycles. The first kappa shape index (κ1) is 28.4. The number of H-pyrrole nitrogens is 1. The highest BCUT2D eigenvalue weighted by Crippen LogP contribution is 2.24. The van der Waals surface area contributed by atoms with Gasteiger partial charge in [0.05, 0.1) is 12.1 Å².